The average molecular weight is 400 g/mol. The normalized spacial score (nSPS) is 24.7. The Balaban J connectivity index is 1.53. The van der Waals surface area contributed by atoms with E-state index in [4.69, 9.17) is 32.7 Å². The van der Waals surface area contributed by atoms with Crippen LogP contribution in [0.2, 0.25) is 10.0 Å². The first-order valence-corrected chi connectivity index (χ1v) is 10.4. The van der Waals surface area contributed by atoms with Crippen molar-refractivity contribution in [3.63, 3.8) is 0 Å². The predicted molar refractivity (Wildman–Crippen MR) is 104 cm³/mol. The van der Waals surface area contributed by atoms with Gasteiger partial charge in [-0.25, -0.2) is 4.79 Å². The molecular formula is C20H27Cl2NO3. The van der Waals surface area contributed by atoms with E-state index in [1.165, 1.54) is 32.1 Å². The van der Waals surface area contributed by atoms with Gasteiger partial charge in [-0.05, 0) is 57.3 Å². The second-order valence-corrected chi connectivity index (χ2v) is 8.01. The van der Waals surface area contributed by atoms with Crippen molar-refractivity contribution in [1.29, 1.82) is 0 Å². The van der Waals surface area contributed by atoms with Crippen molar-refractivity contribution in [2.75, 3.05) is 19.7 Å². The fraction of sp³-hybridized carbons (Fsp3) is 0.650. The molecule has 1 heterocycles. The molecule has 2 atom stereocenters. The van der Waals surface area contributed by atoms with Crippen molar-refractivity contribution in [2.45, 2.75) is 63.5 Å². The second kappa shape index (κ2) is 9.82. The summed E-state index contributed by atoms with van der Waals surface area (Å²) in [4.78, 5) is 14.9. The largest absolute Gasteiger partial charge is 0.482 e. The highest BCUT2D eigenvalue weighted by molar-refractivity contribution is 6.42. The molecular weight excluding hydrogens is 373 g/mol. The summed E-state index contributed by atoms with van der Waals surface area (Å²) >= 11 is 11.9. The SMILES string of the molecule is O=C(COc1ccc(Cl)c(Cl)c1)OC1CCCCC1N1CCCCCC1. The van der Waals surface area contributed by atoms with Gasteiger partial charge in [0.2, 0.25) is 0 Å². The minimum Gasteiger partial charge on any atom is -0.482 e. The van der Waals surface area contributed by atoms with E-state index in [0.29, 0.717) is 21.8 Å². The lowest BCUT2D eigenvalue weighted by Crippen LogP contribution is -2.48. The van der Waals surface area contributed by atoms with Crippen molar-refractivity contribution in [2.24, 2.45) is 0 Å². The zero-order valence-electron chi connectivity index (χ0n) is 15.1. The molecule has 144 valence electrons. The number of rotatable bonds is 5. The summed E-state index contributed by atoms with van der Waals surface area (Å²) in [6.07, 6.45) is 9.49. The van der Waals surface area contributed by atoms with Gasteiger partial charge in [0.25, 0.3) is 0 Å². The molecule has 2 unspecified atom stereocenters. The topological polar surface area (TPSA) is 38.8 Å². The summed E-state index contributed by atoms with van der Waals surface area (Å²) in [6, 6.07) is 5.32. The number of carbonyl (C=O) groups excluding carboxylic acids is 1. The van der Waals surface area contributed by atoms with Gasteiger partial charge in [-0.15, -0.1) is 0 Å². The van der Waals surface area contributed by atoms with Gasteiger partial charge in [0, 0.05) is 12.1 Å². The van der Waals surface area contributed by atoms with Crippen LogP contribution in [0.3, 0.4) is 0 Å². The molecule has 26 heavy (non-hydrogen) atoms. The third-order valence-electron chi connectivity index (χ3n) is 5.31. The van der Waals surface area contributed by atoms with Crippen molar-refractivity contribution in [3.05, 3.63) is 28.2 Å². The average Bonchev–Trinajstić information content (AvgIpc) is 2.92. The van der Waals surface area contributed by atoms with Crippen molar-refractivity contribution in [1.82, 2.24) is 4.90 Å². The highest BCUT2D eigenvalue weighted by Gasteiger charge is 2.33. The lowest BCUT2D eigenvalue weighted by molar-refractivity contribution is -0.157. The number of ether oxygens (including phenoxy) is 2. The zero-order valence-corrected chi connectivity index (χ0v) is 16.6. The van der Waals surface area contributed by atoms with Gasteiger partial charge in [-0.2, -0.15) is 0 Å². The number of carbonyl (C=O) groups is 1. The van der Waals surface area contributed by atoms with Crippen molar-refractivity contribution < 1.29 is 14.3 Å². The highest BCUT2D eigenvalue weighted by Crippen LogP contribution is 2.28. The molecule has 0 spiro atoms. The molecule has 3 rings (SSSR count). The van der Waals surface area contributed by atoms with E-state index in [0.717, 1.165) is 32.4 Å². The molecule has 0 radical (unpaired) electrons. The van der Waals surface area contributed by atoms with Crippen LogP contribution < -0.4 is 4.74 Å². The Labute approximate surface area is 165 Å². The van der Waals surface area contributed by atoms with Gasteiger partial charge in [0.1, 0.15) is 11.9 Å². The third-order valence-corrected chi connectivity index (χ3v) is 6.05. The summed E-state index contributed by atoms with van der Waals surface area (Å²) in [7, 11) is 0. The maximum Gasteiger partial charge on any atom is 0.344 e. The van der Waals surface area contributed by atoms with Crippen molar-refractivity contribution >= 4 is 29.2 Å². The van der Waals surface area contributed by atoms with E-state index < -0.39 is 0 Å². The Bertz CT molecular complexity index is 603. The molecule has 1 aromatic rings. The van der Waals surface area contributed by atoms with Crippen LogP contribution in [-0.2, 0) is 9.53 Å². The summed E-state index contributed by atoms with van der Waals surface area (Å²) in [6.45, 7) is 2.14. The van der Waals surface area contributed by atoms with Gasteiger partial charge < -0.3 is 9.47 Å². The fourth-order valence-corrected chi connectivity index (χ4v) is 4.26. The number of hydrogen-bond donors (Lipinski definition) is 0. The van der Waals surface area contributed by atoms with Gasteiger partial charge in [0.15, 0.2) is 6.61 Å². The van der Waals surface area contributed by atoms with E-state index >= 15 is 0 Å². The Hall–Kier alpha value is -0.970. The van der Waals surface area contributed by atoms with Gasteiger partial charge >= 0.3 is 5.97 Å². The van der Waals surface area contributed by atoms with Gasteiger partial charge in [0.05, 0.1) is 10.0 Å². The smallest absolute Gasteiger partial charge is 0.344 e. The number of esters is 1. The third kappa shape index (κ3) is 5.51. The molecule has 6 heteroatoms. The van der Waals surface area contributed by atoms with E-state index in [9.17, 15) is 4.79 Å². The maximum absolute atomic E-state index is 12.3. The fourth-order valence-electron chi connectivity index (χ4n) is 3.97. The summed E-state index contributed by atoms with van der Waals surface area (Å²) in [5, 5.41) is 0.870. The Morgan fingerprint density at radius 2 is 1.73 bits per heavy atom. The minimum atomic E-state index is -0.317. The lowest BCUT2D eigenvalue weighted by Gasteiger charge is -2.39. The molecule has 2 fully saturated rings. The maximum atomic E-state index is 12.3. The highest BCUT2D eigenvalue weighted by atomic mass is 35.5. The van der Waals surface area contributed by atoms with Crippen LogP contribution in [0.25, 0.3) is 0 Å². The first-order valence-electron chi connectivity index (χ1n) is 9.65. The van der Waals surface area contributed by atoms with Crippen LogP contribution in [0.4, 0.5) is 0 Å². The summed E-state index contributed by atoms with van der Waals surface area (Å²) in [5.74, 6) is 0.201. The quantitative estimate of drug-likeness (QED) is 0.645. The Kier molecular flexibility index (Phi) is 7.47. The molecule has 0 amide bonds. The monoisotopic (exact) mass is 399 g/mol. The molecule has 0 aromatic heterocycles. The number of nitrogens with zero attached hydrogens (tertiary/aromatic N) is 1. The number of likely N-dealkylation sites (tertiary alicyclic amines) is 1. The summed E-state index contributed by atoms with van der Waals surface area (Å²) in [5.41, 5.74) is 0. The van der Waals surface area contributed by atoms with E-state index in [1.54, 1.807) is 18.2 Å². The van der Waals surface area contributed by atoms with Crippen LogP contribution in [0, 0.1) is 0 Å². The predicted octanol–water partition coefficient (Wildman–Crippen LogP) is 5.10. The van der Waals surface area contributed by atoms with E-state index in [1.807, 2.05) is 0 Å². The molecule has 1 saturated heterocycles. The van der Waals surface area contributed by atoms with E-state index in [2.05, 4.69) is 4.90 Å². The van der Waals surface area contributed by atoms with Crippen LogP contribution in [-0.4, -0.2) is 42.7 Å². The first kappa shape index (κ1) is 19.8. The van der Waals surface area contributed by atoms with Gasteiger partial charge in [-0.1, -0.05) is 42.5 Å². The van der Waals surface area contributed by atoms with Crippen LogP contribution in [0.15, 0.2) is 18.2 Å². The standard InChI is InChI=1S/C20H27Cl2NO3/c21-16-10-9-15(13-17(16)22)25-14-20(24)26-19-8-4-3-7-18(19)23-11-5-1-2-6-12-23/h9-10,13,18-19H,1-8,11-12,14H2. The van der Waals surface area contributed by atoms with Crippen LogP contribution in [0.5, 0.6) is 5.75 Å². The number of halogens is 2. The van der Waals surface area contributed by atoms with Crippen LogP contribution in [0.1, 0.15) is 51.4 Å². The molecule has 1 aliphatic carbocycles. The van der Waals surface area contributed by atoms with E-state index in [-0.39, 0.29) is 18.7 Å². The molecule has 1 aromatic carbocycles. The zero-order chi connectivity index (χ0) is 18.4. The van der Waals surface area contributed by atoms with Crippen LogP contribution >= 0.6 is 23.2 Å². The number of benzene rings is 1. The number of hydrogen-bond acceptors (Lipinski definition) is 4. The molecule has 0 N–H and O–H groups in total. The van der Waals surface area contributed by atoms with Crippen molar-refractivity contribution in [3.8, 4) is 5.75 Å². The van der Waals surface area contributed by atoms with Gasteiger partial charge in [-0.3, -0.25) is 4.90 Å². The minimum absolute atomic E-state index is 0.0215. The molecule has 0 bridgehead atoms. The lowest BCUT2D eigenvalue weighted by atomic mass is 9.91. The Morgan fingerprint density at radius 1 is 1.00 bits per heavy atom. The molecule has 2 aliphatic rings. The summed E-state index contributed by atoms with van der Waals surface area (Å²) < 4.78 is 11.3. The molecule has 1 saturated carbocycles. The first-order chi connectivity index (χ1) is 12.6. The molecule has 4 nitrogen and oxygen atoms in total. The molecule has 1 aliphatic heterocycles. The second-order valence-electron chi connectivity index (χ2n) is 7.19. The Morgan fingerprint density at radius 3 is 2.46 bits per heavy atom.